The predicted octanol–water partition coefficient (Wildman–Crippen LogP) is 3.98. The molecule has 0 aliphatic heterocycles. The van der Waals surface area contributed by atoms with E-state index in [2.05, 4.69) is 10.0 Å². The Hall–Kier alpha value is -3.52. The minimum absolute atomic E-state index is 0.00416. The molecule has 8 heteroatoms. The number of hydrogen-bond donors (Lipinski definition) is 2. The molecule has 0 saturated carbocycles. The van der Waals surface area contributed by atoms with E-state index in [1.165, 1.54) is 16.7 Å². The smallest absolute Gasteiger partial charge is 0.408 e. The number of nitrogens with one attached hydrogen (secondary N) is 2. The van der Waals surface area contributed by atoms with Crippen molar-refractivity contribution in [2.45, 2.75) is 11.8 Å². The van der Waals surface area contributed by atoms with E-state index in [1.807, 2.05) is 37.3 Å². The fourth-order valence-corrected chi connectivity index (χ4v) is 4.05. The number of rotatable bonds is 5. The Morgan fingerprint density at radius 3 is 2.34 bits per heavy atom. The lowest BCUT2D eigenvalue weighted by Gasteiger charge is -2.14. The summed E-state index contributed by atoms with van der Waals surface area (Å²) in [4.78, 5) is 11.7. The summed E-state index contributed by atoms with van der Waals surface area (Å²) in [5.74, 6) is -0.546. The molecular formula is C21H19N3O4S. The molecule has 2 N–H and O–H groups in total. The topological polar surface area (TPSA) is 93.3 Å². The van der Waals surface area contributed by atoms with Crippen LogP contribution < -0.4 is 15.8 Å². The van der Waals surface area contributed by atoms with Crippen molar-refractivity contribution in [3.63, 3.8) is 0 Å². The SMILES string of the molecule is Cc1ccc(Nc2ccccc2NS(=O)(=O)c2ccc3c(c2)oc(=O)n3C)cc1. The maximum absolute atomic E-state index is 12.9. The molecule has 0 fully saturated rings. The molecule has 0 radical (unpaired) electrons. The monoisotopic (exact) mass is 409 g/mol. The van der Waals surface area contributed by atoms with Crippen molar-refractivity contribution in [2.75, 3.05) is 10.0 Å². The van der Waals surface area contributed by atoms with Gasteiger partial charge >= 0.3 is 5.76 Å². The van der Waals surface area contributed by atoms with E-state index in [-0.39, 0.29) is 10.5 Å². The highest BCUT2D eigenvalue weighted by Crippen LogP contribution is 2.28. The van der Waals surface area contributed by atoms with Crippen molar-refractivity contribution in [2.24, 2.45) is 7.05 Å². The lowest BCUT2D eigenvalue weighted by Crippen LogP contribution is -2.14. The van der Waals surface area contributed by atoms with Gasteiger partial charge in [0, 0.05) is 18.8 Å². The van der Waals surface area contributed by atoms with Crippen LogP contribution in [0.15, 0.2) is 80.8 Å². The van der Waals surface area contributed by atoms with E-state index in [0.29, 0.717) is 16.9 Å². The molecule has 0 spiro atoms. The fourth-order valence-electron chi connectivity index (χ4n) is 2.96. The van der Waals surface area contributed by atoms with Crippen molar-refractivity contribution in [1.82, 2.24) is 4.57 Å². The number of para-hydroxylation sites is 2. The summed E-state index contributed by atoms with van der Waals surface area (Å²) in [6.07, 6.45) is 0. The maximum atomic E-state index is 12.9. The van der Waals surface area contributed by atoms with Crippen LogP contribution in [-0.4, -0.2) is 13.0 Å². The Kier molecular flexibility index (Phi) is 4.63. The molecule has 1 heterocycles. The van der Waals surface area contributed by atoms with Crippen LogP contribution in [0.5, 0.6) is 0 Å². The highest BCUT2D eigenvalue weighted by Gasteiger charge is 2.18. The van der Waals surface area contributed by atoms with Gasteiger partial charge in [-0.1, -0.05) is 29.8 Å². The Morgan fingerprint density at radius 1 is 0.931 bits per heavy atom. The van der Waals surface area contributed by atoms with Crippen molar-refractivity contribution >= 4 is 38.2 Å². The van der Waals surface area contributed by atoms with Gasteiger partial charge in [-0.2, -0.15) is 0 Å². The molecule has 3 aromatic carbocycles. The van der Waals surface area contributed by atoms with Gasteiger partial charge in [0.2, 0.25) is 0 Å². The average molecular weight is 409 g/mol. The molecule has 0 unspecified atom stereocenters. The molecule has 0 saturated heterocycles. The average Bonchev–Trinajstić information content (AvgIpc) is 2.98. The third-order valence-electron chi connectivity index (χ3n) is 4.58. The number of anilines is 3. The summed E-state index contributed by atoms with van der Waals surface area (Å²) in [5.41, 5.74) is 3.74. The number of fused-ring (bicyclic) bond motifs is 1. The Bertz CT molecular complexity index is 1350. The first-order valence-electron chi connectivity index (χ1n) is 8.89. The van der Waals surface area contributed by atoms with E-state index < -0.39 is 15.8 Å². The van der Waals surface area contributed by atoms with Gasteiger partial charge in [-0.25, -0.2) is 13.2 Å². The first kappa shape index (κ1) is 18.8. The van der Waals surface area contributed by atoms with Crippen LogP contribution in [0.1, 0.15) is 5.56 Å². The van der Waals surface area contributed by atoms with Crippen LogP contribution in [0.3, 0.4) is 0 Å². The summed E-state index contributed by atoms with van der Waals surface area (Å²) in [7, 11) is -2.33. The van der Waals surface area contributed by atoms with Crippen LogP contribution >= 0.6 is 0 Å². The van der Waals surface area contributed by atoms with Crippen LogP contribution in [0.4, 0.5) is 17.1 Å². The molecule has 0 aliphatic rings. The quantitative estimate of drug-likeness (QED) is 0.520. The van der Waals surface area contributed by atoms with Crippen LogP contribution in [0.25, 0.3) is 11.1 Å². The molecule has 0 aliphatic carbocycles. The molecule has 148 valence electrons. The van der Waals surface area contributed by atoms with Gasteiger partial charge in [0.1, 0.15) is 0 Å². The zero-order valence-corrected chi connectivity index (χ0v) is 16.7. The number of hydrogen-bond acceptors (Lipinski definition) is 5. The van der Waals surface area contributed by atoms with Crippen molar-refractivity contribution < 1.29 is 12.8 Å². The van der Waals surface area contributed by atoms with Crippen LogP contribution in [0, 0.1) is 6.92 Å². The number of sulfonamides is 1. The van der Waals surface area contributed by atoms with Gasteiger partial charge < -0.3 is 9.73 Å². The van der Waals surface area contributed by atoms with Gasteiger partial charge in [-0.3, -0.25) is 9.29 Å². The summed E-state index contributed by atoms with van der Waals surface area (Å²) in [5, 5.41) is 3.22. The van der Waals surface area contributed by atoms with Gasteiger partial charge in [-0.05, 0) is 43.3 Å². The van der Waals surface area contributed by atoms with E-state index in [4.69, 9.17) is 4.42 Å². The number of aromatic nitrogens is 1. The molecule has 0 bridgehead atoms. The second kappa shape index (κ2) is 7.14. The second-order valence-electron chi connectivity index (χ2n) is 6.70. The van der Waals surface area contributed by atoms with E-state index in [1.54, 1.807) is 31.3 Å². The first-order chi connectivity index (χ1) is 13.8. The van der Waals surface area contributed by atoms with Crippen LogP contribution in [0.2, 0.25) is 0 Å². The fraction of sp³-hybridized carbons (Fsp3) is 0.0952. The maximum Gasteiger partial charge on any atom is 0.419 e. The van der Waals surface area contributed by atoms with Crippen molar-refractivity contribution in [1.29, 1.82) is 0 Å². The lowest BCUT2D eigenvalue weighted by molar-refractivity contribution is 0.527. The molecule has 4 aromatic rings. The second-order valence-corrected chi connectivity index (χ2v) is 8.38. The molecule has 7 nitrogen and oxygen atoms in total. The highest BCUT2D eigenvalue weighted by molar-refractivity contribution is 7.92. The lowest BCUT2D eigenvalue weighted by atomic mass is 10.2. The first-order valence-corrected chi connectivity index (χ1v) is 10.4. The Balaban J connectivity index is 1.66. The largest absolute Gasteiger partial charge is 0.419 e. The molecular weight excluding hydrogens is 390 g/mol. The van der Waals surface area contributed by atoms with E-state index >= 15 is 0 Å². The number of benzene rings is 3. The summed E-state index contributed by atoms with van der Waals surface area (Å²) < 4.78 is 34.9. The third kappa shape index (κ3) is 3.74. The molecule has 0 atom stereocenters. The molecule has 4 rings (SSSR count). The van der Waals surface area contributed by atoms with Crippen molar-refractivity contribution in [3.8, 4) is 0 Å². The highest BCUT2D eigenvalue weighted by atomic mass is 32.2. The molecule has 1 aromatic heterocycles. The Labute approximate surface area is 167 Å². The molecule has 0 amide bonds. The zero-order chi connectivity index (χ0) is 20.6. The van der Waals surface area contributed by atoms with Gasteiger partial charge in [0.05, 0.1) is 21.8 Å². The van der Waals surface area contributed by atoms with E-state index in [0.717, 1.165) is 11.3 Å². The van der Waals surface area contributed by atoms with Gasteiger partial charge in [0.15, 0.2) is 5.58 Å². The van der Waals surface area contributed by atoms with Crippen molar-refractivity contribution in [3.05, 3.63) is 82.8 Å². The summed E-state index contributed by atoms with van der Waals surface area (Å²) in [6.45, 7) is 2.00. The molecule has 29 heavy (non-hydrogen) atoms. The third-order valence-corrected chi connectivity index (χ3v) is 5.94. The van der Waals surface area contributed by atoms with Gasteiger partial charge in [-0.15, -0.1) is 0 Å². The minimum atomic E-state index is -3.89. The van der Waals surface area contributed by atoms with Gasteiger partial charge in [0.25, 0.3) is 10.0 Å². The standard InChI is InChI=1S/C21H19N3O4S/c1-14-7-9-15(10-8-14)22-17-5-3-4-6-18(17)23-29(26,27)16-11-12-19-20(13-16)28-21(25)24(19)2/h3-13,22-23H,1-2H3. The minimum Gasteiger partial charge on any atom is -0.408 e. The Morgan fingerprint density at radius 2 is 1.62 bits per heavy atom. The number of aryl methyl sites for hydroxylation is 2. The van der Waals surface area contributed by atoms with E-state index in [9.17, 15) is 13.2 Å². The number of oxazole rings is 1. The van der Waals surface area contributed by atoms with Crippen LogP contribution in [-0.2, 0) is 17.1 Å². The summed E-state index contributed by atoms with van der Waals surface area (Å²) >= 11 is 0. The number of nitrogens with zero attached hydrogens (tertiary/aromatic N) is 1. The predicted molar refractivity (Wildman–Crippen MR) is 113 cm³/mol. The zero-order valence-electron chi connectivity index (χ0n) is 15.8. The summed E-state index contributed by atoms with van der Waals surface area (Å²) in [6, 6.07) is 19.1. The normalized spacial score (nSPS) is 11.5.